The summed E-state index contributed by atoms with van der Waals surface area (Å²) in [6.07, 6.45) is 0. The fraction of sp³-hybridized carbons (Fsp3) is 0.111. The molecule has 0 unspecified atom stereocenters. The Hall–Kier alpha value is -3.64. The Balaban J connectivity index is 0.000000171. The first-order valence-electron chi connectivity index (χ1n) is 8.73. The predicted octanol–water partition coefficient (Wildman–Crippen LogP) is 2.47. The third-order valence-electron chi connectivity index (χ3n) is 3.78. The summed E-state index contributed by atoms with van der Waals surface area (Å²) in [6, 6.07) is 18.9. The van der Waals surface area contributed by atoms with E-state index in [1.165, 1.54) is 9.35 Å². The Morgan fingerprint density at radius 1 is 0.700 bits per heavy atom. The van der Waals surface area contributed by atoms with E-state index in [4.69, 9.17) is 45.6 Å². The smallest absolute Gasteiger partial charge is 0.214 e. The zero-order valence-corrected chi connectivity index (χ0v) is 17.4. The highest BCUT2D eigenvalue weighted by molar-refractivity contribution is 7.71. The molecule has 4 aromatic rings. The second kappa shape index (κ2) is 10.2. The summed E-state index contributed by atoms with van der Waals surface area (Å²) in [7, 11) is 0. The minimum absolute atomic E-state index is 0.285. The largest absolute Gasteiger partial charge is 0.486 e. The molecule has 30 heavy (non-hydrogen) atoms. The Kier molecular flexibility index (Phi) is 7.19. The number of benzene rings is 2. The van der Waals surface area contributed by atoms with Crippen LogP contribution < -0.4 is 21.2 Å². The lowest BCUT2D eigenvalue weighted by Gasteiger charge is -2.04. The van der Waals surface area contributed by atoms with Crippen LogP contribution in [0.5, 0.6) is 11.5 Å². The molecule has 2 aromatic heterocycles. The van der Waals surface area contributed by atoms with E-state index in [0.29, 0.717) is 21.2 Å². The van der Waals surface area contributed by atoms with Crippen molar-refractivity contribution in [2.45, 2.75) is 13.2 Å². The minimum atomic E-state index is 0.285. The molecule has 0 aliphatic carbocycles. The van der Waals surface area contributed by atoms with E-state index >= 15 is 0 Å². The Morgan fingerprint density at radius 2 is 1.07 bits per heavy atom. The van der Waals surface area contributed by atoms with Gasteiger partial charge in [0.1, 0.15) is 24.7 Å². The number of nitrogen functional groups attached to an aromatic ring is 2. The number of hydrogen-bond donors (Lipinski definition) is 4. The van der Waals surface area contributed by atoms with Crippen LogP contribution in [0.25, 0.3) is 0 Å². The number of para-hydroxylation sites is 2. The van der Waals surface area contributed by atoms with Gasteiger partial charge in [0.05, 0.1) is 0 Å². The van der Waals surface area contributed by atoms with Crippen LogP contribution >= 0.6 is 24.4 Å². The molecule has 2 heterocycles. The lowest BCUT2D eigenvalue weighted by molar-refractivity contribution is 0.292. The molecular formula is C18H20N8O2S2. The van der Waals surface area contributed by atoms with Gasteiger partial charge in [-0.2, -0.15) is 10.2 Å². The first-order valence-corrected chi connectivity index (χ1v) is 9.54. The molecule has 6 N–H and O–H groups in total. The number of nitrogens with zero attached hydrogens (tertiary/aromatic N) is 4. The van der Waals surface area contributed by atoms with Gasteiger partial charge in [-0.15, -0.1) is 0 Å². The van der Waals surface area contributed by atoms with Crippen LogP contribution in [0.1, 0.15) is 11.6 Å². The van der Waals surface area contributed by atoms with E-state index in [9.17, 15) is 0 Å². The van der Waals surface area contributed by atoms with Crippen molar-refractivity contribution >= 4 is 24.4 Å². The molecular weight excluding hydrogens is 424 g/mol. The van der Waals surface area contributed by atoms with Gasteiger partial charge in [0, 0.05) is 0 Å². The SMILES string of the molecule is Nn1c(COc2ccccc2)n[nH]c1=S.Nn1c(COc2ccccc2)n[nH]c1=S. The van der Waals surface area contributed by atoms with Crippen molar-refractivity contribution in [3.05, 3.63) is 81.9 Å². The fourth-order valence-corrected chi connectivity index (χ4v) is 2.51. The molecule has 156 valence electrons. The van der Waals surface area contributed by atoms with E-state index in [0.717, 1.165) is 11.5 Å². The van der Waals surface area contributed by atoms with Crippen molar-refractivity contribution in [3.63, 3.8) is 0 Å². The molecule has 10 nitrogen and oxygen atoms in total. The standard InChI is InChI=1S/2C9H10N4OS/c2*10-13-8(11-12-9(13)15)6-14-7-4-2-1-3-5-7/h2*1-5H,6,10H2,(H,12,15). The molecule has 0 atom stereocenters. The average molecular weight is 445 g/mol. The lowest BCUT2D eigenvalue weighted by Crippen LogP contribution is -2.14. The maximum Gasteiger partial charge on any atom is 0.214 e. The van der Waals surface area contributed by atoms with Gasteiger partial charge in [0.2, 0.25) is 9.54 Å². The maximum atomic E-state index is 5.61. The first kappa shape index (κ1) is 21.1. The van der Waals surface area contributed by atoms with E-state index in [1.54, 1.807) is 0 Å². The number of aromatic nitrogens is 6. The number of nitrogens with two attached hydrogens (primary N) is 2. The third kappa shape index (κ3) is 5.68. The number of aromatic amines is 2. The highest BCUT2D eigenvalue weighted by Crippen LogP contribution is 2.10. The summed E-state index contributed by atoms with van der Waals surface area (Å²) in [4.78, 5) is 0. The number of nitrogens with one attached hydrogen (secondary N) is 2. The van der Waals surface area contributed by atoms with Crippen molar-refractivity contribution in [3.8, 4) is 11.5 Å². The zero-order valence-electron chi connectivity index (χ0n) is 15.8. The Labute approximate surface area is 182 Å². The number of hydrogen-bond acceptors (Lipinski definition) is 8. The summed E-state index contributed by atoms with van der Waals surface area (Å²) in [6.45, 7) is 0.571. The van der Waals surface area contributed by atoms with Gasteiger partial charge in [0.15, 0.2) is 11.6 Å². The van der Waals surface area contributed by atoms with E-state index in [-0.39, 0.29) is 13.2 Å². The van der Waals surface area contributed by atoms with Gasteiger partial charge in [-0.25, -0.2) is 9.35 Å². The van der Waals surface area contributed by atoms with Gasteiger partial charge < -0.3 is 21.2 Å². The van der Waals surface area contributed by atoms with Crippen LogP contribution in [0.2, 0.25) is 0 Å². The third-order valence-corrected chi connectivity index (χ3v) is 4.35. The first-order chi connectivity index (χ1) is 14.5. The highest BCUT2D eigenvalue weighted by Gasteiger charge is 2.04. The second-order valence-corrected chi connectivity index (χ2v) is 6.61. The van der Waals surface area contributed by atoms with Crippen molar-refractivity contribution in [1.29, 1.82) is 0 Å². The van der Waals surface area contributed by atoms with Crippen molar-refractivity contribution in [2.75, 3.05) is 11.7 Å². The van der Waals surface area contributed by atoms with Crippen molar-refractivity contribution in [2.24, 2.45) is 0 Å². The van der Waals surface area contributed by atoms with Crippen molar-refractivity contribution in [1.82, 2.24) is 29.7 Å². The molecule has 0 aliphatic rings. The van der Waals surface area contributed by atoms with Gasteiger partial charge in [-0.05, 0) is 48.7 Å². The fourth-order valence-electron chi connectivity index (χ4n) is 2.21. The van der Waals surface area contributed by atoms with Gasteiger partial charge >= 0.3 is 0 Å². The predicted molar refractivity (Wildman–Crippen MR) is 117 cm³/mol. The molecule has 4 rings (SSSR count). The summed E-state index contributed by atoms with van der Waals surface area (Å²) in [5.74, 6) is 13.9. The van der Waals surface area contributed by atoms with Crippen molar-refractivity contribution < 1.29 is 9.47 Å². The van der Waals surface area contributed by atoms with E-state index in [1.807, 2.05) is 60.7 Å². The summed E-state index contributed by atoms with van der Waals surface area (Å²) in [5, 5.41) is 13.0. The molecule has 0 radical (unpaired) electrons. The van der Waals surface area contributed by atoms with Crippen LogP contribution in [0.4, 0.5) is 0 Å². The summed E-state index contributed by atoms with van der Waals surface area (Å²) >= 11 is 9.74. The molecule has 0 amide bonds. The quantitative estimate of drug-likeness (QED) is 0.263. The molecule has 0 fully saturated rings. The molecule has 0 spiro atoms. The molecule has 0 bridgehead atoms. The average Bonchev–Trinajstić information content (AvgIpc) is 3.28. The normalized spacial score (nSPS) is 10.1. The molecule has 0 aliphatic heterocycles. The van der Waals surface area contributed by atoms with Gasteiger partial charge in [-0.1, -0.05) is 36.4 Å². The molecule has 0 saturated heterocycles. The van der Waals surface area contributed by atoms with E-state index < -0.39 is 0 Å². The zero-order chi connectivity index (χ0) is 21.3. The van der Waals surface area contributed by atoms with Crippen LogP contribution in [0.3, 0.4) is 0 Å². The summed E-state index contributed by atoms with van der Waals surface area (Å²) < 4.78 is 14.2. The molecule has 2 aromatic carbocycles. The maximum absolute atomic E-state index is 5.61. The minimum Gasteiger partial charge on any atom is -0.486 e. The topological polar surface area (TPSA) is 138 Å². The van der Waals surface area contributed by atoms with Gasteiger partial charge in [0.25, 0.3) is 0 Å². The Morgan fingerprint density at radius 3 is 1.37 bits per heavy atom. The van der Waals surface area contributed by atoms with Crippen LogP contribution in [-0.2, 0) is 13.2 Å². The highest BCUT2D eigenvalue weighted by atomic mass is 32.1. The number of ether oxygens (including phenoxy) is 2. The van der Waals surface area contributed by atoms with Crippen LogP contribution in [0, 0.1) is 9.54 Å². The van der Waals surface area contributed by atoms with Gasteiger partial charge in [-0.3, -0.25) is 10.2 Å². The second-order valence-electron chi connectivity index (χ2n) is 5.83. The molecule has 12 heteroatoms. The van der Waals surface area contributed by atoms with Crippen LogP contribution in [-0.4, -0.2) is 29.7 Å². The number of H-pyrrole nitrogens is 2. The van der Waals surface area contributed by atoms with Crippen LogP contribution in [0.15, 0.2) is 60.7 Å². The Bertz CT molecular complexity index is 1070. The summed E-state index contributed by atoms with van der Waals surface area (Å²) in [5.41, 5.74) is 0. The van der Waals surface area contributed by atoms with E-state index in [2.05, 4.69) is 20.4 Å². The molecule has 0 saturated carbocycles. The number of rotatable bonds is 6. The lowest BCUT2D eigenvalue weighted by atomic mass is 10.3. The monoisotopic (exact) mass is 444 g/mol.